The van der Waals surface area contributed by atoms with Crippen molar-refractivity contribution < 1.29 is 21.6 Å². The maximum absolute atomic E-state index is 12.9. The summed E-state index contributed by atoms with van der Waals surface area (Å²) in [4.78, 5) is -0.142. The zero-order valence-corrected chi connectivity index (χ0v) is 12.7. The van der Waals surface area contributed by atoms with Crippen LogP contribution in [0.2, 0.25) is 5.02 Å². The molecule has 0 saturated heterocycles. The van der Waals surface area contributed by atoms with E-state index in [1.165, 1.54) is 11.3 Å². The van der Waals surface area contributed by atoms with Crippen LogP contribution in [0.25, 0.3) is 0 Å². The van der Waals surface area contributed by atoms with Crippen LogP contribution in [0, 0.1) is 0 Å². The molecular weight excluding hydrogens is 347 g/mol. The summed E-state index contributed by atoms with van der Waals surface area (Å²) in [7, 11) is -4.29. The molecule has 0 fully saturated rings. The van der Waals surface area contributed by atoms with Crippen LogP contribution in [0.15, 0.2) is 40.6 Å². The third kappa shape index (κ3) is 3.97. The number of rotatable bonds is 4. The highest BCUT2D eigenvalue weighted by Crippen LogP contribution is 2.35. The Labute approximate surface area is 128 Å². The zero-order chi connectivity index (χ0) is 15.7. The highest BCUT2D eigenvalue weighted by atomic mass is 35.5. The highest BCUT2D eigenvalue weighted by Gasteiger charge is 2.37. The van der Waals surface area contributed by atoms with Gasteiger partial charge in [0.25, 0.3) is 0 Å². The van der Waals surface area contributed by atoms with Gasteiger partial charge in [0.1, 0.15) is 0 Å². The molecule has 0 atom stereocenters. The lowest BCUT2D eigenvalue weighted by Crippen LogP contribution is -2.25. The number of hydrogen-bond donors (Lipinski definition) is 1. The van der Waals surface area contributed by atoms with E-state index in [-0.39, 0.29) is 11.6 Å². The van der Waals surface area contributed by atoms with Gasteiger partial charge in [-0.15, -0.1) is 11.3 Å². The Morgan fingerprint density at radius 3 is 2.52 bits per heavy atom. The molecule has 0 spiro atoms. The summed E-state index contributed by atoms with van der Waals surface area (Å²) in [5.74, 6) is 0. The molecule has 0 aliphatic rings. The van der Waals surface area contributed by atoms with Crippen molar-refractivity contribution in [3.05, 3.63) is 51.2 Å². The van der Waals surface area contributed by atoms with Crippen molar-refractivity contribution in [1.29, 1.82) is 0 Å². The first-order valence-corrected chi connectivity index (χ1v) is 8.33. The van der Waals surface area contributed by atoms with E-state index in [1.54, 1.807) is 17.5 Å². The summed E-state index contributed by atoms with van der Waals surface area (Å²) in [6, 6.07) is 5.96. The van der Waals surface area contributed by atoms with Gasteiger partial charge in [0.2, 0.25) is 10.0 Å². The van der Waals surface area contributed by atoms with Crippen LogP contribution in [-0.4, -0.2) is 8.42 Å². The second-order valence-electron chi connectivity index (χ2n) is 4.04. The van der Waals surface area contributed by atoms with Gasteiger partial charge in [-0.25, -0.2) is 13.1 Å². The number of thiophene rings is 1. The van der Waals surface area contributed by atoms with Crippen LogP contribution in [0.1, 0.15) is 10.4 Å². The van der Waals surface area contributed by atoms with Gasteiger partial charge in [-0.3, -0.25) is 0 Å². The second kappa shape index (κ2) is 5.96. The normalized spacial score (nSPS) is 12.6. The summed E-state index contributed by atoms with van der Waals surface area (Å²) >= 11 is 6.82. The topological polar surface area (TPSA) is 46.2 Å². The van der Waals surface area contributed by atoms with Crippen molar-refractivity contribution in [2.24, 2.45) is 0 Å². The first-order valence-electron chi connectivity index (χ1n) is 5.59. The predicted molar refractivity (Wildman–Crippen MR) is 74.8 cm³/mol. The number of sulfonamides is 1. The van der Waals surface area contributed by atoms with Gasteiger partial charge >= 0.3 is 6.18 Å². The lowest BCUT2D eigenvalue weighted by molar-refractivity contribution is -0.139. The summed E-state index contributed by atoms with van der Waals surface area (Å²) in [6.07, 6.45) is -4.81. The number of nitrogens with one attached hydrogen (secondary N) is 1. The van der Waals surface area contributed by atoms with Crippen LogP contribution in [0.4, 0.5) is 13.2 Å². The molecule has 0 unspecified atom stereocenters. The molecule has 2 aromatic rings. The Hall–Kier alpha value is -1.09. The average molecular weight is 356 g/mol. The van der Waals surface area contributed by atoms with E-state index in [2.05, 4.69) is 4.72 Å². The minimum Gasteiger partial charge on any atom is -0.207 e. The molecule has 0 bridgehead atoms. The van der Waals surface area contributed by atoms with Crippen molar-refractivity contribution in [2.45, 2.75) is 17.6 Å². The summed E-state index contributed by atoms with van der Waals surface area (Å²) in [5, 5.41) is 1.56. The van der Waals surface area contributed by atoms with Crippen molar-refractivity contribution in [3.8, 4) is 0 Å². The van der Waals surface area contributed by atoms with Gasteiger partial charge in [0, 0.05) is 16.4 Å². The molecule has 2 rings (SSSR count). The molecule has 21 heavy (non-hydrogen) atoms. The molecule has 3 nitrogen and oxygen atoms in total. The number of hydrogen-bond acceptors (Lipinski definition) is 3. The fourth-order valence-corrected chi connectivity index (χ4v) is 3.74. The maximum atomic E-state index is 12.9. The minimum atomic E-state index is -4.81. The molecule has 1 N–H and O–H groups in total. The van der Waals surface area contributed by atoms with Crippen LogP contribution in [0.5, 0.6) is 0 Å². The fourth-order valence-electron chi connectivity index (χ4n) is 1.62. The molecule has 9 heteroatoms. The molecule has 0 radical (unpaired) electrons. The van der Waals surface area contributed by atoms with Crippen LogP contribution in [-0.2, 0) is 22.7 Å². The lowest BCUT2D eigenvalue weighted by Gasteiger charge is -2.14. The Balaban J connectivity index is 2.36. The predicted octanol–water partition coefficient (Wildman–Crippen LogP) is 3.90. The number of halogens is 4. The third-order valence-electron chi connectivity index (χ3n) is 2.55. The van der Waals surface area contributed by atoms with Gasteiger partial charge in [-0.05, 0) is 29.6 Å². The van der Waals surface area contributed by atoms with E-state index in [0.29, 0.717) is 10.9 Å². The van der Waals surface area contributed by atoms with Crippen molar-refractivity contribution in [2.75, 3.05) is 0 Å². The van der Waals surface area contributed by atoms with E-state index < -0.39 is 26.7 Å². The first kappa shape index (κ1) is 16.3. The third-order valence-corrected chi connectivity index (χ3v) is 5.12. The van der Waals surface area contributed by atoms with Crippen LogP contribution in [0.3, 0.4) is 0 Å². The van der Waals surface area contributed by atoms with Gasteiger partial charge in [-0.2, -0.15) is 13.2 Å². The standard InChI is InChI=1S/C12H9ClF3NO2S2/c13-8-3-4-11(10(6-8)12(14,15)16)21(18,19)17-7-9-2-1-5-20-9/h1-6,17H,7H2. The zero-order valence-electron chi connectivity index (χ0n) is 10.3. The van der Waals surface area contributed by atoms with Crippen molar-refractivity contribution in [1.82, 2.24) is 4.72 Å². The van der Waals surface area contributed by atoms with Gasteiger partial charge < -0.3 is 0 Å². The smallest absolute Gasteiger partial charge is 0.207 e. The first-order chi connectivity index (χ1) is 9.70. The molecule has 0 saturated carbocycles. The van der Waals surface area contributed by atoms with E-state index in [9.17, 15) is 21.6 Å². The van der Waals surface area contributed by atoms with Gasteiger partial charge in [0.05, 0.1) is 10.5 Å². The second-order valence-corrected chi connectivity index (χ2v) is 7.25. The van der Waals surface area contributed by atoms with Crippen LogP contribution < -0.4 is 4.72 Å². The van der Waals surface area contributed by atoms with Gasteiger partial charge in [0.15, 0.2) is 0 Å². The van der Waals surface area contributed by atoms with Crippen molar-refractivity contribution >= 4 is 33.0 Å². The molecule has 0 aliphatic carbocycles. The van der Waals surface area contributed by atoms with E-state index in [0.717, 1.165) is 12.1 Å². The Morgan fingerprint density at radius 1 is 1.24 bits per heavy atom. The molecule has 1 heterocycles. The molecule has 0 amide bonds. The molecule has 1 aromatic carbocycles. The Kier molecular flexibility index (Phi) is 4.62. The molecule has 1 aromatic heterocycles. The summed E-state index contributed by atoms with van der Waals surface area (Å²) in [5.41, 5.74) is -1.28. The van der Waals surface area contributed by atoms with Gasteiger partial charge in [-0.1, -0.05) is 17.7 Å². The largest absolute Gasteiger partial charge is 0.417 e. The monoisotopic (exact) mass is 355 g/mol. The minimum absolute atomic E-state index is 0.0695. The van der Waals surface area contributed by atoms with E-state index >= 15 is 0 Å². The highest BCUT2D eigenvalue weighted by molar-refractivity contribution is 7.89. The van der Waals surface area contributed by atoms with E-state index in [4.69, 9.17) is 11.6 Å². The summed E-state index contributed by atoms with van der Waals surface area (Å²) in [6.45, 7) is -0.0695. The SMILES string of the molecule is O=S(=O)(NCc1cccs1)c1ccc(Cl)cc1C(F)(F)F. The quantitative estimate of drug-likeness (QED) is 0.904. The van der Waals surface area contributed by atoms with Crippen LogP contribution >= 0.6 is 22.9 Å². The number of alkyl halides is 3. The molecule has 0 aliphatic heterocycles. The summed E-state index contributed by atoms with van der Waals surface area (Å²) < 4.78 is 65.0. The Bertz CT molecular complexity index is 727. The molecule has 114 valence electrons. The Morgan fingerprint density at radius 2 is 1.95 bits per heavy atom. The number of benzene rings is 1. The maximum Gasteiger partial charge on any atom is 0.417 e. The fraction of sp³-hybridized carbons (Fsp3) is 0.167. The average Bonchev–Trinajstić information content (AvgIpc) is 2.88. The van der Waals surface area contributed by atoms with Crippen molar-refractivity contribution in [3.63, 3.8) is 0 Å². The lowest BCUT2D eigenvalue weighted by atomic mass is 10.2. The van der Waals surface area contributed by atoms with E-state index in [1.807, 2.05) is 0 Å². The molecular formula is C12H9ClF3NO2S2.